The molecule has 0 aliphatic carbocycles. The van der Waals surface area contributed by atoms with Crippen molar-refractivity contribution < 1.29 is 27.5 Å². The predicted octanol–water partition coefficient (Wildman–Crippen LogP) is 3.93. The molecule has 0 unspecified atom stereocenters. The minimum absolute atomic E-state index is 0.0335. The van der Waals surface area contributed by atoms with E-state index in [2.05, 4.69) is 0 Å². The number of benzene rings is 2. The first-order chi connectivity index (χ1) is 16.7. The third kappa shape index (κ3) is 4.87. The molecule has 1 aliphatic rings. The van der Waals surface area contributed by atoms with Crippen LogP contribution in [0.2, 0.25) is 0 Å². The molecule has 2 aromatic carbocycles. The number of aromatic nitrogens is 1. The Morgan fingerprint density at radius 2 is 1.66 bits per heavy atom. The molecule has 0 radical (unpaired) electrons. The maximum absolute atomic E-state index is 13.1. The van der Waals surface area contributed by atoms with E-state index in [1.54, 1.807) is 6.07 Å². The van der Waals surface area contributed by atoms with E-state index < -0.39 is 22.6 Å². The van der Waals surface area contributed by atoms with Crippen molar-refractivity contribution >= 4 is 21.8 Å². The molecule has 1 aliphatic heterocycles. The van der Waals surface area contributed by atoms with Crippen LogP contribution in [-0.4, -0.2) is 55.8 Å². The monoisotopic (exact) mass is 496 g/mol. The van der Waals surface area contributed by atoms with E-state index in [0.29, 0.717) is 18.7 Å². The van der Waals surface area contributed by atoms with Crippen LogP contribution < -0.4 is 4.74 Å². The molecule has 0 spiro atoms. The second kappa shape index (κ2) is 10.1. The highest BCUT2D eigenvalue weighted by molar-refractivity contribution is 7.89. The lowest BCUT2D eigenvalue weighted by Gasteiger charge is -2.18. The molecule has 35 heavy (non-hydrogen) atoms. The Morgan fingerprint density at radius 3 is 2.31 bits per heavy atom. The Kier molecular flexibility index (Phi) is 7.09. The Balaban J connectivity index is 1.52. The van der Waals surface area contributed by atoms with Gasteiger partial charge in [0.25, 0.3) is 0 Å². The van der Waals surface area contributed by atoms with Crippen LogP contribution >= 0.6 is 0 Å². The second-order valence-corrected chi connectivity index (χ2v) is 10.3. The van der Waals surface area contributed by atoms with Crippen LogP contribution in [0.4, 0.5) is 0 Å². The zero-order chi connectivity index (χ0) is 25.2. The van der Waals surface area contributed by atoms with Gasteiger partial charge in [-0.05, 0) is 63.1 Å². The summed E-state index contributed by atoms with van der Waals surface area (Å²) in [4.78, 5) is 25.5. The van der Waals surface area contributed by atoms with Gasteiger partial charge in [0.2, 0.25) is 15.8 Å². The number of ketones is 1. The molecule has 9 heteroatoms. The number of esters is 1. The number of rotatable bonds is 8. The van der Waals surface area contributed by atoms with Crippen molar-refractivity contribution in [2.24, 2.45) is 0 Å². The van der Waals surface area contributed by atoms with Gasteiger partial charge in [0, 0.05) is 35.7 Å². The largest absolute Gasteiger partial charge is 0.495 e. The summed E-state index contributed by atoms with van der Waals surface area (Å²) in [6.07, 6.45) is 1.58. The van der Waals surface area contributed by atoms with Gasteiger partial charge < -0.3 is 14.0 Å². The van der Waals surface area contributed by atoms with Crippen molar-refractivity contribution in [3.63, 3.8) is 0 Å². The van der Waals surface area contributed by atoms with Gasteiger partial charge in [-0.15, -0.1) is 0 Å². The number of hydrogen-bond acceptors (Lipinski definition) is 6. The molecule has 4 rings (SSSR count). The van der Waals surface area contributed by atoms with E-state index >= 15 is 0 Å². The van der Waals surface area contributed by atoms with Crippen LogP contribution in [0.15, 0.2) is 59.5 Å². The van der Waals surface area contributed by atoms with E-state index in [4.69, 9.17) is 9.47 Å². The topological polar surface area (TPSA) is 94.9 Å². The molecule has 0 amide bonds. The van der Waals surface area contributed by atoms with Gasteiger partial charge in [0.15, 0.2) is 6.61 Å². The summed E-state index contributed by atoms with van der Waals surface area (Å²) in [6.45, 7) is 4.14. The quantitative estimate of drug-likeness (QED) is 0.347. The average Bonchev–Trinajstić information content (AvgIpc) is 3.51. The lowest BCUT2D eigenvalue weighted by Crippen LogP contribution is -2.28. The van der Waals surface area contributed by atoms with Crippen LogP contribution in [0.1, 0.15) is 44.9 Å². The first-order valence-electron chi connectivity index (χ1n) is 11.4. The highest BCUT2D eigenvalue weighted by Crippen LogP contribution is 2.30. The number of sulfonamides is 1. The highest BCUT2D eigenvalue weighted by atomic mass is 32.2. The Hall–Kier alpha value is -3.43. The molecule has 2 heterocycles. The van der Waals surface area contributed by atoms with Crippen LogP contribution in [0, 0.1) is 13.8 Å². The molecule has 1 saturated heterocycles. The molecule has 1 aromatic heterocycles. The number of Topliss-reactive ketones (excluding diaryl/α,β-unsaturated/α-hetero) is 1. The standard InChI is InChI=1S/C26H28N2O6S/c1-18-15-22(19(2)28(18)21-9-5-4-6-10-21)23(29)17-34-26(30)20-11-12-24(33-3)25(16-20)35(31,32)27-13-7-8-14-27/h4-6,9-12,15-16H,7-8,13-14,17H2,1-3H3. The fourth-order valence-corrected chi connectivity index (χ4v) is 6.08. The fraction of sp³-hybridized carbons (Fsp3) is 0.308. The number of aryl methyl sites for hydroxylation is 1. The van der Waals surface area contributed by atoms with Crippen LogP contribution in [0.3, 0.4) is 0 Å². The van der Waals surface area contributed by atoms with E-state index in [1.807, 2.05) is 48.7 Å². The Bertz CT molecular complexity index is 1360. The number of para-hydroxylation sites is 1. The SMILES string of the molecule is COc1ccc(C(=O)OCC(=O)c2cc(C)n(-c3ccccc3)c2C)cc1S(=O)(=O)N1CCCC1. The zero-order valence-electron chi connectivity index (χ0n) is 20.0. The molecular formula is C26H28N2O6S. The molecule has 3 aromatic rings. The molecule has 0 atom stereocenters. The summed E-state index contributed by atoms with van der Waals surface area (Å²) in [5.41, 5.74) is 3.06. The van der Waals surface area contributed by atoms with E-state index in [0.717, 1.165) is 29.9 Å². The lowest BCUT2D eigenvalue weighted by atomic mass is 10.1. The number of carbonyl (C=O) groups excluding carboxylic acids is 2. The van der Waals surface area contributed by atoms with E-state index in [-0.39, 0.29) is 22.0 Å². The van der Waals surface area contributed by atoms with Gasteiger partial charge in [-0.3, -0.25) is 4.79 Å². The maximum atomic E-state index is 13.1. The fourth-order valence-electron chi connectivity index (χ4n) is 4.38. The van der Waals surface area contributed by atoms with Gasteiger partial charge in [0.1, 0.15) is 10.6 Å². The Morgan fingerprint density at radius 1 is 0.971 bits per heavy atom. The first kappa shape index (κ1) is 24.7. The summed E-state index contributed by atoms with van der Waals surface area (Å²) in [5, 5.41) is 0. The van der Waals surface area contributed by atoms with Gasteiger partial charge in [-0.2, -0.15) is 4.31 Å². The van der Waals surface area contributed by atoms with Crippen molar-refractivity contribution in [2.45, 2.75) is 31.6 Å². The Labute approximate surface area is 205 Å². The number of methoxy groups -OCH3 is 1. The van der Waals surface area contributed by atoms with Crippen molar-refractivity contribution in [3.05, 3.63) is 77.1 Å². The first-order valence-corrected chi connectivity index (χ1v) is 12.8. The summed E-state index contributed by atoms with van der Waals surface area (Å²) in [6, 6.07) is 15.5. The maximum Gasteiger partial charge on any atom is 0.338 e. The van der Waals surface area contributed by atoms with Crippen LogP contribution in [-0.2, 0) is 14.8 Å². The van der Waals surface area contributed by atoms with E-state index in [1.165, 1.54) is 29.6 Å². The highest BCUT2D eigenvalue weighted by Gasteiger charge is 2.31. The summed E-state index contributed by atoms with van der Waals surface area (Å²) in [7, 11) is -2.44. The summed E-state index contributed by atoms with van der Waals surface area (Å²) >= 11 is 0. The van der Waals surface area contributed by atoms with Gasteiger partial charge >= 0.3 is 5.97 Å². The number of hydrogen-bond donors (Lipinski definition) is 0. The van der Waals surface area contributed by atoms with Crippen molar-refractivity contribution in [3.8, 4) is 11.4 Å². The number of nitrogens with zero attached hydrogens (tertiary/aromatic N) is 2. The lowest BCUT2D eigenvalue weighted by molar-refractivity contribution is 0.0474. The normalized spacial score (nSPS) is 14.1. The van der Waals surface area contributed by atoms with Crippen LogP contribution in [0.25, 0.3) is 5.69 Å². The minimum Gasteiger partial charge on any atom is -0.495 e. The molecule has 184 valence electrons. The van der Waals surface area contributed by atoms with Crippen molar-refractivity contribution in [1.82, 2.24) is 8.87 Å². The van der Waals surface area contributed by atoms with Gasteiger partial charge in [0.05, 0.1) is 12.7 Å². The molecule has 0 bridgehead atoms. The summed E-state index contributed by atoms with van der Waals surface area (Å²) < 4.78 is 40.0. The molecule has 8 nitrogen and oxygen atoms in total. The predicted molar refractivity (Wildman–Crippen MR) is 131 cm³/mol. The summed E-state index contributed by atoms with van der Waals surface area (Å²) in [5.74, 6) is -0.972. The smallest absolute Gasteiger partial charge is 0.338 e. The van der Waals surface area contributed by atoms with Crippen LogP contribution in [0.5, 0.6) is 5.75 Å². The number of ether oxygens (including phenoxy) is 2. The molecule has 1 fully saturated rings. The van der Waals surface area contributed by atoms with Gasteiger partial charge in [-0.1, -0.05) is 18.2 Å². The average molecular weight is 497 g/mol. The minimum atomic E-state index is -3.81. The van der Waals surface area contributed by atoms with Crippen molar-refractivity contribution in [2.75, 3.05) is 26.8 Å². The third-order valence-electron chi connectivity index (χ3n) is 6.16. The molecule has 0 saturated carbocycles. The third-order valence-corrected chi connectivity index (χ3v) is 8.08. The van der Waals surface area contributed by atoms with E-state index in [9.17, 15) is 18.0 Å². The van der Waals surface area contributed by atoms with Gasteiger partial charge in [-0.25, -0.2) is 13.2 Å². The number of carbonyl (C=O) groups is 2. The zero-order valence-corrected chi connectivity index (χ0v) is 20.8. The molecular weight excluding hydrogens is 468 g/mol. The second-order valence-electron chi connectivity index (χ2n) is 8.43. The molecule has 0 N–H and O–H groups in total. The van der Waals surface area contributed by atoms with Crippen molar-refractivity contribution in [1.29, 1.82) is 0 Å².